The first kappa shape index (κ1) is 12.3. The standard InChI is InChI=1S/C14H15F2N3/c1-17-8-13-18-14(12-3-2-6-19(12)13)10-7-9(15)4-5-11(10)16/h4-5,7,17H,2-3,6,8H2,1H3. The molecule has 2 aromatic rings. The Morgan fingerprint density at radius 2 is 2.21 bits per heavy atom. The summed E-state index contributed by atoms with van der Waals surface area (Å²) in [4.78, 5) is 4.49. The molecule has 0 saturated carbocycles. The molecule has 3 rings (SSSR count). The average Bonchev–Trinajstić information content (AvgIpc) is 2.97. The number of hydrogen-bond donors (Lipinski definition) is 1. The quantitative estimate of drug-likeness (QED) is 0.922. The van der Waals surface area contributed by atoms with Gasteiger partial charge in [0, 0.05) is 17.8 Å². The molecule has 1 aliphatic rings. The topological polar surface area (TPSA) is 29.9 Å². The predicted molar refractivity (Wildman–Crippen MR) is 68.7 cm³/mol. The Labute approximate surface area is 110 Å². The van der Waals surface area contributed by atoms with Crippen molar-refractivity contribution < 1.29 is 8.78 Å². The summed E-state index contributed by atoms with van der Waals surface area (Å²) in [6.07, 6.45) is 1.89. The molecule has 0 unspecified atom stereocenters. The maximum atomic E-state index is 13.9. The van der Waals surface area contributed by atoms with E-state index in [1.165, 1.54) is 6.07 Å². The molecule has 3 nitrogen and oxygen atoms in total. The third kappa shape index (κ3) is 2.04. The summed E-state index contributed by atoms with van der Waals surface area (Å²) >= 11 is 0. The van der Waals surface area contributed by atoms with Gasteiger partial charge in [-0.15, -0.1) is 0 Å². The van der Waals surface area contributed by atoms with Crippen LogP contribution in [-0.2, 0) is 19.5 Å². The van der Waals surface area contributed by atoms with Crippen LogP contribution in [0.4, 0.5) is 8.78 Å². The number of hydrogen-bond acceptors (Lipinski definition) is 2. The van der Waals surface area contributed by atoms with Gasteiger partial charge in [-0.3, -0.25) is 0 Å². The van der Waals surface area contributed by atoms with E-state index < -0.39 is 11.6 Å². The highest BCUT2D eigenvalue weighted by Crippen LogP contribution is 2.31. The number of imidazole rings is 1. The van der Waals surface area contributed by atoms with Crippen molar-refractivity contribution in [1.82, 2.24) is 14.9 Å². The van der Waals surface area contributed by atoms with Gasteiger partial charge in [-0.1, -0.05) is 0 Å². The van der Waals surface area contributed by atoms with Crippen LogP contribution in [0.1, 0.15) is 17.9 Å². The highest BCUT2D eigenvalue weighted by Gasteiger charge is 2.23. The Balaban J connectivity index is 2.15. The van der Waals surface area contributed by atoms with Crippen molar-refractivity contribution in [3.63, 3.8) is 0 Å². The van der Waals surface area contributed by atoms with E-state index in [2.05, 4.69) is 14.9 Å². The van der Waals surface area contributed by atoms with Gasteiger partial charge in [-0.25, -0.2) is 13.8 Å². The Morgan fingerprint density at radius 3 is 3.00 bits per heavy atom. The zero-order valence-electron chi connectivity index (χ0n) is 10.7. The maximum Gasteiger partial charge on any atom is 0.132 e. The molecule has 1 aromatic heterocycles. The molecule has 0 aliphatic carbocycles. The van der Waals surface area contributed by atoms with E-state index in [0.717, 1.165) is 43.0 Å². The van der Waals surface area contributed by atoms with Gasteiger partial charge in [0.05, 0.1) is 12.2 Å². The number of aromatic nitrogens is 2. The summed E-state index contributed by atoms with van der Waals surface area (Å²) in [6.45, 7) is 1.53. The summed E-state index contributed by atoms with van der Waals surface area (Å²) in [6, 6.07) is 3.51. The van der Waals surface area contributed by atoms with Crippen LogP contribution in [0.25, 0.3) is 11.3 Å². The van der Waals surface area contributed by atoms with E-state index in [0.29, 0.717) is 12.2 Å². The summed E-state index contributed by atoms with van der Waals surface area (Å²) in [5.74, 6) is 0.0187. The average molecular weight is 263 g/mol. The third-order valence-corrected chi connectivity index (χ3v) is 3.47. The fourth-order valence-electron chi connectivity index (χ4n) is 2.65. The minimum atomic E-state index is -0.439. The Hall–Kier alpha value is -1.75. The van der Waals surface area contributed by atoms with Gasteiger partial charge in [0.25, 0.3) is 0 Å². The van der Waals surface area contributed by atoms with Crippen LogP contribution in [0.5, 0.6) is 0 Å². The second-order valence-corrected chi connectivity index (χ2v) is 4.73. The lowest BCUT2D eigenvalue weighted by Gasteiger charge is -2.02. The first-order valence-corrected chi connectivity index (χ1v) is 6.39. The molecule has 0 bridgehead atoms. The monoisotopic (exact) mass is 263 g/mol. The first-order valence-electron chi connectivity index (χ1n) is 6.39. The maximum absolute atomic E-state index is 13.9. The second kappa shape index (κ2) is 4.74. The molecule has 0 radical (unpaired) electrons. The van der Waals surface area contributed by atoms with Crippen molar-refractivity contribution in [2.75, 3.05) is 7.05 Å². The molecule has 0 saturated heterocycles. The lowest BCUT2D eigenvalue weighted by Crippen LogP contribution is -2.11. The number of rotatable bonds is 3. The molecule has 0 spiro atoms. The summed E-state index contributed by atoms with van der Waals surface area (Å²) in [5.41, 5.74) is 1.85. The van der Waals surface area contributed by atoms with Crippen molar-refractivity contribution in [3.05, 3.63) is 41.4 Å². The SMILES string of the molecule is CNCc1nc(-c2cc(F)ccc2F)c2n1CCC2. The fraction of sp³-hybridized carbons (Fsp3) is 0.357. The zero-order valence-corrected chi connectivity index (χ0v) is 10.7. The highest BCUT2D eigenvalue weighted by atomic mass is 19.1. The van der Waals surface area contributed by atoms with Crippen molar-refractivity contribution in [2.24, 2.45) is 0 Å². The minimum Gasteiger partial charge on any atom is -0.330 e. The largest absolute Gasteiger partial charge is 0.330 e. The lowest BCUT2D eigenvalue weighted by atomic mass is 10.1. The molecular weight excluding hydrogens is 248 g/mol. The van der Waals surface area contributed by atoms with Crippen molar-refractivity contribution in [2.45, 2.75) is 25.9 Å². The van der Waals surface area contributed by atoms with Crippen LogP contribution in [-0.4, -0.2) is 16.6 Å². The van der Waals surface area contributed by atoms with Crippen molar-refractivity contribution >= 4 is 0 Å². The van der Waals surface area contributed by atoms with Crippen LogP contribution < -0.4 is 5.32 Å². The number of halogens is 2. The van der Waals surface area contributed by atoms with Crippen LogP contribution in [0, 0.1) is 11.6 Å². The molecule has 1 aromatic carbocycles. The summed E-state index contributed by atoms with van der Waals surface area (Å²) in [5, 5.41) is 3.05. The van der Waals surface area contributed by atoms with Gasteiger partial charge in [-0.05, 0) is 38.1 Å². The second-order valence-electron chi connectivity index (χ2n) is 4.73. The Bertz CT molecular complexity index is 619. The van der Waals surface area contributed by atoms with E-state index in [1.807, 2.05) is 7.05 Å². The van der Waals surface area contributed by atoms with Crippen molar-refractivity contribution in [1.29, 1.82) is 0 Å². The Morgan fingerprint density at radius 1 is 1.37 bits per heavy atom. The van der Waals surface area contributed by atoms with E-state index >= 15 is 0 Å². The first-order chi connectivity index (χ1) is 9.20. The fourth-order valence-corrected chi connectivity index (χ4v) is 2.65. The smallest absolute Gasteiger partial charge is 0.132 e. The van der Waals surface area contributed by atoms with E-state index in [9.17, 15) is 8.78 Å². The van der Waals surface area contributed by atoms with E-state index in [-0.39, 0.29) is 5.56 Å². The molecule has 0 atom stereocenters. The molecule has 19 heavy (non-hydrogen) atoms. The molecule has 0 amide bonds. The van der Waals surface area contributed by atoms with Gasteiger partial charge in [-0.2, -0.15) is 0 Å². The predicted octanol–water partition coefficient (Wildman–Crippen LogP) is 2.49. The Kier molecular flexibility index (Phi) is 3.06. The van der Waals surface area contributed by atoms with Gasteiger partial charge in [0.15, 0.2) is 0 Å². The van der Waals surface area contributed by atoms with Crippen LogP contribution >= 0.6 is 0 Å². The molecule has 0 fully saturated rings. The lowest BCUT2D eigenvalue weighted by molar-refractivity contribution is 0.602. The number of fused-ring (bicyclic) bond motifs is 1. The molecule has 2 heterocycles. The van der Waals surface area contributed by atoms with E-state index in [4.69, 9.17) is 0 Å². The number of benzene rings is 1. The summed E-state index contributed by atoms with van der Waals surface area (Å²) in [7, 11) is 1.85. The van der Waals surface area contributed by atoms with Gasteiger partial charge < -0.3 is 9.88 Å². The van der Waals surface area contributed by atoms with Crippen LogP contribution in [0.3, 0.4) is 0 Å². The van der Waals surface area contributed by atoms with Gasteiger partial charge in [0.1, 0.15) is 17.5 Å². The van der Waals surface area contributed by atoms with Gasteiger partial charge >= 0.3 is 0 Å². The van der Waals surface area contributed by atoms with Crippen LogP contribution in [0.2, 0.25) is 0 Å². The number of nitrogens with one attached hydrogen (secondary N) is 1. The molecular formula is C14H15F2N3. The normalized spacial score (nSPS) is 13.8. The molecule has 1 aliphatic heterocycles. The third-order valence-electron chi connectivity index (χ3n) is 3.47. The van der Waals surface area contributed by atoms with Gasteiger partial charge in [0.2, 0.25) is 0 Å². The number of nitrogens with zero attached hydrogens (tertiary/aromatic N) is 2. The summed E-state index contributed by atoms with van der Waals surface area (Å²) < 4.78 is 29.3. The molecule has 1 N–H and O–H groups in total. The van der Waals surface area contributed by atoms with Crippen molar-refractivity contribution in [3.8, 4) is 11.3 Å². The van der Waals surface area contributed by atoms with Crippen LogP contribution in [0.15, 0.2) is 18.2 Å². The zero-order chi connectivity index (χ0) is 13.4. The van der Waals surface area contributed by atoms with E-state index in [1.54, 1.807) is 0 Å². The molecule has 100 valence electrons. The highest BCUT2D eigenvalue weighted by molar-refractivity contribution is 5.64. The molecule has 5 heteroatoms. The minimum absolute atomic E-state index is 0.257.